The minimum Gasteiger partial charge on any atom is -0.457 e. The summed E-state index contributed by atoms with van der Waals surface area (Å²) < 4.78 is 26.3. The largest absolute Gasteiger partial charge is 0.457 e. The van der Waals surface area contributed by atoms with E-state index in [-0.39, 0.29) is 0 Å². The number of nitrogens with zero attached hydrogens (tertiary/aromatic N) is 7. The third kappa shape index (κ3) is 6.77. The van der Waals surface area contributed by atoms with Crippen molar-refractivity contribution in [2.24, 2.45) is 13.0 Å². The van der Waals surface area contributed by atoms with Crippen molar-refractivity contribution in [2.45, 2.75) is 82.8 Å². The highest BCUT2D eigenvalue weighted by molar-refractivity contribution is 5.84. The SMILES string of the molecule is CCc1cc([C@H]2O[C@@H](n3cnc4c(NCCC5CCCCC5)nc(NCCc5cn(C)cn5)nc43)[C@H](OC=O)[C@@H]2OC=O)on1. The van der Waals surface area contributed by atoms with E-state index in [1.165, 1.54) is 32.1 Å². The number of imidazole rings is 2. The van der Waals surface area contributed by atoms with Gasteiger partial charge in [-0.05, 0) is 18.8 Å². The number of ether oxygens (including phenoxy) is 3. The second-order valence-electron chi connectivity index (χ2n) is 11.6. The number of hydrogen-bond donors (Lipinski definition) is 2. The summed E-state index contributed by atoms with van der Waals surface area (Å²) in [7, 11) is 1.93. The summed E-state index contributed by atoms with van der Waals surface area (Å²) in [5, 5.41) is 10.9. The van der Waals surface area contributed by atoms with Gasteiger partial charge in [-0.2, -0.15) is 9.97 Å². The van der Waals surface area contributed by atoms with Gasteiger partial charge in [0, 0.05) is 38.8 Å². The van der Waals surface area contributed by atoms with Gasteiger partial charge in [0.2, 0.25) is 5.95 Å². The highest BCUT2D eigenvalue weighted by atomic mass is 16.6. The Morgan fingerprint density at radius 3 is 2.56 bits per heavy atom. The second kappa shape index (κ2) is 14.1. The van der Waals surface area contributed by atoms with Gasteiger partial charge in [0.1, 0.15) is 0 Å². The average molecular weight is 622 g/mol. The predicted octanol–water partition coefficient (Wildman–Crippen LogP) is 3.50. The fraction of sp³-hybridized carbons (Fsp3) is 0.567. The Balaban J connectivity index is 1.31. The van der Waals surface area contributed by atoms with Gasteiger partial charge in [-0.25, -0.2) is 9.97 Å². The van der Waals surface area contributed by atoms with Gasteiger partial charge in [-0.1, -0.05) is 44.2 Å². The molecule has 4 aromatic heterocycles. The lowest BCUT2D eigenvalue weighted by atomic mass is 9.87. The first-order valence-electron chi connectivity index (χ1n) is 15.6. The van der Waals surface area contributed by atoms with Crippen LogP contribution in [0.4, 0.5) is 11.8 Å². The third-order valence-corrected chi connectivity index (χ3v) is 8.52. The number of carbonyl (C=O) groups is 2. The van der Waals surface area contributed by atoms with E-state index >= 15 is 0 Å². The fourth-order valence-corrected chi connectivity index (χ4v) is 6.22. The molecule has 4 atom stereocenters. The molecule has 240 valence electrons. The minimum absolute atomic E-state index is 0.299. The Bertz CT molecular complexity index is 1580. The molecule has 6 rings (SSSR count). The van der Waals surface area contributed by atoms with Crippen LogP contribution < -0.4 is 10.6 Å². The van der Waals surface area contributed by atoms with Gasteiger partial charge in [0.25, 0.3) is 12.9 Å². The smallest absolute Gasteiger partial charge is 0.293 e. The van der Waals surface area contributed by atoms with E-state index in [1.54, 1.807) is 23.3 Å². The Hall–Kier alpha value is -4.53. The number of nitrogens with one attached hydrogen (secondary N) is 2. The van der Waals surface area contributed by atoms with Crippen molar-refractivity contribution in [2.75, 3.05) is 23.7 Å². The topological polar surface area (TPSA) is 173 Å². The summed E-state index contributed by atoms with van der Waals surface area (Å²) in [4.78, 5) is 41.8. The third-order valence-electron chi connectivity index (χ3n) is 8.52. The minimum atomic E-state index is -1.02. The maximum Gasteiger partial charge on any atom is 0.293 e. The van der Waals surface area contributed by atoms with Gasteiger partial charge >= 0.3 is 0 Å². The van der Waals surface area contributed by atoms with Gasteiger partial charge in [0.05, 0.1) is 24.0 Å². The van der Waals surface area contributed by atoms with Crippen LogP contribution >= 0.6 is 0 Å². The first-order valence-corrected chi connectivity index (χ1v) is 15.6. The number of carbonyl (C=O) groups excluding carboxylic acids is 2. The van der Waals surface area contributed by atoms with Crippen molar-refractivity contribution in [3.63, 3.8) is 0 Å². The fourth-order valence-electron chi connectivity index (χ4n) is 6.22. The van der Waals surface area contributed by atoms with Crippen molar-refractivity contribution >= 4 is 35.9 Å². The molecule has 15 nitrogen and oxygen atoms in total. The normalized spacial score (nSPS) is 22.0. The van der Waals surface area contributed by atoms with Crippen LogP contribution in [-0.4, -0.2) is 72.5 Å². The molecule has 15 heteroatoms. The molecule has 0 spiro atoms. The molecule has 0 bridgehead atoms. The Morgan fingerprint density at radius 1 is 1.00 bits per heavy atom. The summed E-state index contributed by atoms with van der Waals surface area (Å²) in [6.45, 7) is 3.85. The monoisotopic (exact) mass is 621 g/mol. The van der Waals surface area contributed by atoms with Crippen molar-refractivity contribution in [1.29, 1.82) is 0 Å². The van der Waals surface area contributed by atoms with E-state index < -0.39 is 24.5 Å². The molecule has 4 aromatic rings. The van der Waals surface area contributed by atoms with Crippen molar-refractivity contribution in [3.05, 3.63) is 42.1 Å². The highest BCUT2D eigenvalue weighted by Gasteiger charge is 2.51. The van der Waals surface area contributed by atoms with E-state index in [0.29, 0.717) is 72.6 Å². The van der Waals surface area contributed by atoms with E-state index in [9.17, 15) is 9.59 Å². The van der Waals surface area contributed by atoms with Crippen molar-refractivity contribution < 1.29 is 28.3 Å². The Kier molecular flexibility index (Phi) is 9.52. The zero-order valence-corrected chi connectivity index (χ0v) is 25.5. The molecular formula is C30H39N9O6. The Morgan fingerprint density at radius 2 is 1.82 bits per heavy atom. The lowest BCUT2D eigenvalue weighted by molar-refractivity contribution is -0.151. The molecule has 45 heavy (non-hydrogen) atoms. The molecule has 2 N–H and O–H groups in total. The molecule has 2 fully saturated rings. The van der Waals surface area contributed by atoms with Crippen LogP contribution in [0.5, 0.6) is 0 Å². The maximum atomic E-state index is 11.6. The van der Waals surface area contributed by atoms with E-state index in [4.69, 9.17) is 28.7 Å². The molecule has 2 aliphatic rings. The van der Waals surface area contributed by atoms with Gasteiger partial charge in [-0.3, -0.25) is 14.2 Å². The molecule has 0 aromatic carbocycles. The standard InChI is InChI=1S/C30H39N9O6/c1-3-20-13-22(45-37-20)24-25(42-17-40)26(43-18-41)29(44-24)39-16-34-23-27(31-11-9-19-7-5-4-6-8-19)35-30(36-28(23)39)32-12-10-21-14-38(2)15-33-21/h13-19,24-26,29H,3-12H2,1-2H3,(H2,31,32,35,36)/t24-,25-,26-,29-/m1/s1. The zero-order chi connectivity index (χ0) is 31.2. The quantitative estimate of drug-likeness (QED) is 0.185. The van der Waals surface area contributed by atoms with Gasteiger partial charge < -0.3 is 33.9 Å². The van der Waals surface area contributed by atoms with Crippen LogP contribution in [0.15, 0.2) is 29.4 Å². The summed E-state index contributed by atoms with van der Waals surface area (Å²) in [5.41, 5.74) is 2.64. The molecule has 1 aliphatic heterocycles. The number of anilines is 2. The number of rotatable bonds is 15. The van der Waals surface area contributed by atoms with Crippen molar-refractivity contribution in [1.82, 2.24) is 34.2 Å². The maximum absolute atomic E-state index is 11.6. The zero-order valence-electron chi connectivity index (χ0n) is 25.5. The van der Waals surface area contributed by atoms with Gasteiger partial charge in [0.15, 0.2) is 47.3 Å². The molecular weight excluding hydrogens is 582 g/mol. The van der Waals surface area contributed by atoms with Crippen LogP contribution in [0.1, 0.15) is 74.9 Å². The second-order valence-corrected chi connectivity index (χ2v) is 11.6. The lowest BCUT2D eigenvalue weighted by Gasteiger charge is -2.22. The molecule has 0 amide bonds. The average Bonchev–Trinajstić information content (AvgIpc) is 3.85. The van der Waals surface area contributed by atoms with Crippen molar-refractivity contribution in [3.8, 4) is 0 Å². The summed E-state index contributed by atoms with van der Waals surface area (Å²) in [5.74, 6) is 2.02. The molecule has 1 aliphatic carbocycles. The molecule has 0 unspecified atom stereocenters. The molecule has 0 radical (unpaired) electrons. The van der Waals surface area contributed by atoms with E-state index in [0.717, 1.165) is 18.7 Å². The first kappa shape index (κ1) is 30.5. The van der Waals surface area contributed by atoms with Gasteiger partial charge in [-0.15, -0.1) is 0 Å². The number of fused-ring (bicyclic) bond motifs is 1. The van der Waals surface area contributed by atoms with Crippen LogP contribution in [-0.2, 0) is 43.7 Å². The lowest BCUT2D eigenvalue weighted by Crippen LogP contribution is -2.34. The van der Waals surface area contributed by atoms with E-state index in [2.05, 4.69) is 25.8 Å². The van der Waals surface area contributed by atoms with E-state index in [1.807, 2.05) is 24.7 Å². The first-order chi connectivity index (χ1) is 22.1. The molecule has 5 heterocycles. The highest BCUT2D eigenvalue weighted by Crippen LogP contribution is 2.43. The number of hydrogen-bond acceptors (Lipinski definition) is 13. The molecule has 1 saturated heterocycles. The summed E-state index contributed by atoms with van der Waals surface area (Å²) in [6.07, 6.45) is 10.2. The van der Waals surface area contributed by atoms with Crippen LogP contribution in [0.2, 0.25) is 0 Å². The predicted molar refractivity (Wildman–Crippen MR) is 161 cm³/mol. The molecule has 1 saturated carbocycles. The number of aromatic nitrogens is 7. The summed E-state index contributed by atoms with van der Waals surface area (Å²) in [6, 6.07) is 1.73. The summed E-state index contributed by atoms with van der Waals surface area (Å²) >= 11 is 0. The van der Waals surface area contributed by atoms with Crippen LogP contribution in [0.25, 0.3) is 11.2 Å². The Labute approximate surface area is 260 Å². The number of aryl methyl sites for hydroxylation is 2. The van der Waals surface area contributed by atoms with Crippen LogP contribution in [0.3, 0.4) is 0 Å². The van der Waals surface area contributed by atoms with Crippen LogP contribution in [0, 0.1) is 5.92 Å².